The third kappa shape index (κ3) is 2.93. The molecule has 0 amide bonds. The van der Waals surface area contributed by atoms with E-state index in [9.17, 15) is 14.4 Å². The van der Waals surface area contributed by atoms with Crippen molar-refractivity contribution in [2.45, 2.75) is 40.7 Å². The summed E-state index contributed by atoms with van der Waals surface area (Å²) in [5, 5.41) is 0. The van der Waals surface area contributed by atoms with Crippen LogP contribution < -0.4 is 5.56 Å². The molecular formula is C17H20N2O3. The number of pyridine rings is 1. The predicted octanol–water partition coefficient (Wildman–Crippen LogP) is 2.44. The predicted molar refractivity (Wildman–Crippen MR) is 84.7 cm³/mol. The zero-order chi connectivity index (χ0) is 16.4. The highest BCUT2D eigenvalue weighted by molar-refractivity contribution is 6.03. The van der Waals surface area contributed by atoms with Crippen LogP contribution in [0.2, 0.25) is 0 Å². The van der Waals surface area contributed by atoms with Crippen molar-refractivity contribution >= 4 is 11.6 Å². The van der Waals surface area contributed by atoms with Crippen LogP contribution in [-0.2, 0) is 13.0 Å². The molecule has 2 aromatic rings. The van der Waals surface area contributed by atoms with Gasteiger partial charge in [0.05, 0.1) is 12.2 Å². The average Bonchev–Trinajstić information content (AvgIpc) is 2.78. The Morgan fingerprint density at radius 3 is 2.50 bits per heavy atom. The fourth-order valence-corrected chi connectivity index (χ4v) is 2.72. The summed E-state index contributed by atoms with van der Waals surface area (Å²) >= 11 is 0. The maximum Gasteiger partial charge on any atom is 0.251 e. The topological polar surface area (TPSA) is 71.9 Å². The van der Waals surface area contributed by atoms with Crippen LogP contribution in [-0.4, -0.2) is 21.1 Å². The normalized spacial score (nSPS) is 10.7. The number of aryl methyl sites for hydroxylation is 2. The van der Waals surface area contributed by atoms with Crippen molar-refractivity contribution in [2.75, 3.05) is 0 Å². The fourth-order valence-electron chi connectivity index (χ4n) is 2.72. The second-order valence-corrected chi connectivity index (χ2v) is 5.48. The molecule has 0 aliphatic heterocycles. The molecule has 0 radical (unpaired) electrons. The van der Waals surface area contributed by atoms with Gasteiger partial charge in [-0.15, -0.1) is 0 Å². The minimum atomic E-state index is -0.207. The van der Waals surface area contributed by atoms with Gasteiger partial charge in [0.25, 0.3) is 5.56 Å². The van der Waals surface area contributed by atoms with E-state index in [2.05, 4.69) is 4.98 Å². The summed E-state index contributed by atoms with van der Waals surface area (Å²) in [6.45, 7) is 6.97. The first kappa shape index (κ1) is 15.9. The Morgan fingerprint density at radius 2 is 1.95 bits per heavy atom. The average molecular weight is 300 g/mol. The number of H-pyrrole nitrogens is 1. The molecule has 0 atom stereocenters. The number of aromatic nitrogens is 2. The minimum absolute atomic E-state index is 0.0383. The molecule has 2 aromatic heterocycles. The Morgan fingerprint density at radius 1 is 1.27 bits per heavy atom. The molecule has 1 N–H and O–H groups in total. The van der Waals surface area contributed by atoms with E-state index in [-0.39, 0.29) is 23.7 Å². The number of aromatic amines is 1. The van der Waals surface area contributed by atoms with E-state index in [0.29, 0.717) is 23.4 Å². The lowest BCUT2D eigenvalue weighted by Gasteiger charge is -2.06. The van der Waals surface area contributed by atoms with Crippen molar-refractivity contribution in [3.05, 3.63) is 56.8 Å². The van der Waals surface area contributed by atoms with Crippen LogP contribution in [0.4, 0.5) is 0 Å². The molecule has 0 aromatic carbocycles. The van der Waals surface area contributed by atoms with Gasteiger partial charge in [0.15, 0.2) is 11.6 Å². The summed E-state index contributed by atoms with van der Waals surface area (Å²) in [5.41, 5.74) is 3.10. The maximum atomic E-state index is 12.5. The Bertz CT molecular complexity index is 797. The third-order valence-corrected chi connectivity index (χ3v) is 3.74. The molecule has 0 saturated carbocycles. The number of nitrogens with zero attached hydrogens (tertiary/aromatic N) is 1. The summed E-state index contributed by atoms with van der Waals surface area (Å²) in [5.74, 6) is -0.254. The van der Waals surface area contributed by atoms with E-state index in [4.69, 9.17) is 0 Å². The molecule has 0 spiro atoms. The lowest BCUT2D eigenvalue weighted by Crippen LogP contribution is -2.24. The van der Waals surface area contributed by atoms with Crippen LogP contribution in [0.3, 0.4) is 0 Å². The van der Waals surface area contributed by atoms with Crippen LogP contribution in [0.25, 0.3) is 0 Å². The van der Waals surface area contributed by atoms with Crippen LogP contribution in [0.15, 0.2) is 23.1 Å². The van der Waals surface area contributed by atoms with Gasteiger partial charge in [-0.05, 0) is 44.4 Å². The lowest BCUT2D eigenvalue weighted by molar-refractivity contribution is 0.0965. The Hall–Kier alpha value is -2.43. The van der Waals surface area contributed by atoms with Gasteiger partial charge in [-0.1, -0.05) is 6.92 Å². The molecule has 5 heteroatoms. The minimum Gasteiger partial charge on any atom is -0.355 e. The first-order valence-electron chi connectivity index (χ1n) is 7.27. The van der Waals surface area contributed by atoms with E-state index in [1.54, 1.807) is 19.2 Å². The van der Waals surface area contributed by atoms with Crippen molar-refractivity contribution in [1.82, 2.24) is 9.55 Å². The molecule has 116 valence electrons. The monoisotopic (exact) mass is 300 g/mol. The van der Waals surface area contributed by atoms with Gasteiger partial charge in [-0.2, -0.15) is 0 Å². The fraction of sp³-hybridized carbons (Fsp3) is 0.353. The molecule has 0 saturated heterocycles. The van der Waals surface area contributed by atoms with Crippen molar-refractivity contribution in [3.63, 3.8) is 0 Å². The van der Waals surface area contributed by atoms with Crippen LogP contribution in [0, 0.1) is 13.8 Å². The quantitative estimate of drug-likeness (QED) is 0.862. The van der Waals surface area contributed by atoms with E-state index in [1.165, 1.54) is 17.6 Å². The molecule has 0 fully saturated rings. The third-order valence-electron chi connectivity index (χ3n) is 3.74. The number of Topliss-reactive ketones (excluding diaryl/α,β-unsaturated/α-hetero) is 2. The molecule has 0 bridgehead atoms. The number of hydrogen-bond donors (Lipinski definition) is 1. The summed E-state index contributed by atoms with van der Waals surface area (Å²) in [7, 11) is 0. The first-order valence-corrected chi connectivity index (χ1v) is 7.27. The number of carbonyl (C=O) groups excluding carboxylic acids is 2. The van der Waals surface area contributed by atoms with Gasteiger partial charge in [0, 0.05) is 23.5 Å². The molecule has 2 rings (SSSR count). The highest BCUT2D eigenvalue weighted by atomic mass is 16.1. The van der Waals surface area contributed by atoms with Crippen molar-refractivity contribution in [2.24, 2.45) is 0 Å². The van der Waals surface area contributed by atoms with Gasteiger partial charge >= 0.3 is 0 Å². The zero-order valence-corrected chi connectivity index (χ0v) is 13.3. The largest absolute Gasteiger partial charge is 0.355 e. The van der Waals surface area contributed by atoms with Gasteiger partial charge in [-0.25, -0.2) is 0 Å². The molecule has 2 heterocycles. The van der Waals surface area contributed by atoms with Gasteiger partial charge in [0.1, 0.15) is 0 Å². The standard InChI is InChI=1S/C17H20N2O3/c1-5-13-16(12(4)20)11(3)18-17(13)14(21)9-19-7-6-10(2)8-15(19)22/h6-8,18H,5,9H2,1-4H3. The number of carbonyl (C=O) groups is 2. The number of ketones is 2. The summed E-state index contributed by atoms with van der Waals surface area (Å²) < 4.78 is 1.37. The number of nitrogens with one attached hydrogen (secondary N) is 1. The van der Waals surface area contributed by atoms with Crippen LogP contribution in [0.1, 0.15) is 51.5 Å². The Labute approximate surface area is 129 Å². The highest BCUT2D eigenvalue weighted by Crippen LogP contribution is 2.21. The molecule has 5 nitrogen and oxygen atoms in total. The Balaban J connectivity index is 2.40. The summed E-state index contributed by atoms with van der Waals surface area (Å²) in [6, 6.07) is 3.28. The van der Waals surface area contributed by atoms with E-state index >= 15 is 0 Å². The lowest BCUT2D eigenvalue weighted by atomic mass is 10.0. The molecule has 0 aliphatic rings. The smallest absolute Gasteiger partial charge is 0.251 e. The summed E-state index contributed by atoms with van der Waals surface area (Å²) in [4.78, 5) is 39.2. The zero-order valence-electron chi connectivity index (χ0n) is 13.3. The van der Waals surface area contributed by atoms with Gasteiger partial charge < -0.3 is 9.55 Å². The van der Waals surface area contributed by atoms with Crippen LogP contribution >= 0.6 is 0 Å². The molecule has 0 unspecified atom stereocenters. The molecular weight excluding hydrogens is 280 g/mol. The van der Waals surface area contributed by atoms with E-state index < -0.39 is 0 Å². The van der Waals surface area contributed by atoms with Crippen molar-refractivity contribution in [3.8, 4) is 0 Å². The van der Waals surface area contributed by atoms with Gasteiger partial charge in [-0.3, -0.25) is 14.4 Å². The second kappa shape index (κ2) is 6.13. The van der Waals surface area contributed by atoms with E-state index in [1.807, 2.05) is 13.8 Å². The van der Waals surface area contributed by atoms with E-state index in [0.717, 1.165) is 11.1 Å². The van der Waals surface area contributed by atoms with Gasteiger partial charge in [0.2, 0.25) is 0 Å². The molecule has 0 aliphatic carbocycles. The highest BCUT2D eigenvalue weighted by Gasteiger charge is 2.21. The second-order valence-electron chi connectivity index (χ2n) is 5.48. The van der Waals surface area contributed by atoms with Crippen molar-refractivity contribution in [1.29, 1.82) is 0 Å². The maximum absolute atomic E-state index is 12.5. The SMILES string of the molecule is CCc1c(C(=O)Cn2ccc(C)cc2=O)[nH]c(C)c1C(C)=O. The van der Waals surface area contributed by atoms with Crippen molar-refractivity contribution < 1.29 is 9.59 Å². The molecule has 22 heavy (non-hydrogen) atoms. The first-order chi connectivity index (χ1) is 10.3. The summed E-state index contributed by atoms with van der Waals surface area (Å²) in [6.07, 6.45) is 2.20. The number of hydrogen-bond acceptors (Lipinski definition) is 3. The Kier molecular flexibility index (Phi) is 4.45. The van der Waals surface area contributed by atoms with Crippen LogP contribution in [0.5, 0.6) is 0 Å². The number of rotatable bonds is 5.